The fraction of sp³-hybridized carbons (Fsp3) is 0.654. The van der Waals surface area contributed by atoms with E-state index in [9.17, 15) is 0 Å². The number of benzene rings is 3. The van der Waals surface area contributed by atoms with Gasteiger partial charge in [0.15, 0.2) is 0 Å². The van der Waals surface area contributed by atoms with Gasteiger partial charge in [-0.15, -0.1) is 0 Å². The van der Waals surface area contributed by atoms with Crippen molar-refractivity contribution in [3.8, 4) is 22.3 Å². The van der Waals surface area contributed by atoms with Gasteiger partial charge in [-0.3, -0.25) is 0 Å². The first-order chi connectivity index (χ1) is 26.1. The monoisotopic (exact) mass is 781 g/mol. The topological polar surface area (TPSA) is 0 Å². The maximum absolute atomic E-state index is 4.20. The summed E-state index contributed by atoms with van der Waals surface area (Å²) in [5.41, 5.74) is 13.0. The molecule has 0 aromatic heterocycles. The second-order valence-electron chi connectivity index (χ2n) is 17.4. The zero-order chi connectivity index (χ0) is 37.4. The van der Waals surface area contributed by atoms with Gasteiger partial charge >= 0.3 is 0 Å². The summed E-state index contributed by atoms with van der Waals surface area (Å²) in [4.78, 5) is 0. The van der Waals surface area contributed by atoms with E-state index < -0.39 is 0 Å². The molecule has 0 spiro atoms. The molecule has 0 nitrogen and oxygen atoms in total. The molecule has 292 valence electrons. The van der Waals surface area contributed by atoms with Crippen molar-refractivity contribution in [2.45, 2.75) is 218 Å². The molecule has 5 rings (SSSR count). The molecule has 0 radical (unpaired) electrons. The molecule has 0 amide bonds. The largest absolute Gasteiger partial charge is 0.0654 e. The van der Waals surface area contributed by atoms with Crippen molar-refractivity contribution in [2.75, 3.05) is 0 Å². The van der Waals surface area contributed by atoms with E-state index in [1.165, 1.54) is 190 Å². The molecule has 2 aliphatic rings. The molecule has 0 atom stereocenters. The molecule has 0 N–H and O–H groups in total. The van der Waals surface area contributed by atoms with Crippen LogP contribution in [0.3, 0.4) is 0 Å². The van der Waals surface area contributed by atoms with Crippen LogP contribution in [0.5, 0.6) is 0 Å². The summed E-state index contributed by atoms with van der Waals surface area (Å²) in [5.74, 6) is 0. The Kier molecular flexibility index (Phi) is 17.6. The van der Waals surface area contributed by atoms with Gasteiger partial charge in [-0.2, -0.15) is 0 Å². The van der Waals surface area contributed by atoms with Crippen LogP contribution < -0.4 is 0 Å². The minimum absolute atomic E-state index is 0.0913. The van der Waals surface area contributed by atoms with Crippen LogP contribution in [0.15, 0.2) is 59.1 Å². The Labute approximate surface area is 336 Å². The molecule has 2 aliphatic carbocycles. The Morgan fingerprint density at radius 2 is 0.736 bits per heavy atom. The van der Waals surface area contributed by atoms with Gasteiger partial charge in [-0.25, -0.2) is 0 Å². The lowest BCUT2D eigenvalue weighted by molar-refractivity contribution is 0.394. The zero-order valence-corrected chi connectivity index (χ0v) is 36.5. The van der Waals surface area contributed by atoms with Crippen LogP contribution in [0.4, 0.5) is 0 Å². The summed E-state index contributed by atoms with van der Waals surface area (Å²) >= 11 is 4.20. The van der Waals surface area contributed by atoms with Crippen LogP contribution in [0.25, 0.3) is 22.3 Å². The highest BCUT2D eigenvalue weighted by Crippen LogP contribution is 2.61. The number of hydrogen-bond acceptors (Lipinski definition) is 0. The van der Waals surface area contributed by atoms with Crippen LogP contribution in [0.1, 0.15) is 230 Å². The minimum atomic E-state index is 0.0913. The van der Waals surface area contributed by atoms with Gasteiger partial charge < -0.3 is 0 Å². The summed E-state index contributed by atoms with van der Waals surface area (Å²) in [6, 6.07) is 22.4. The van der Waals surface area contributed by atoms with E-state index in [4.69, 9.17) is 0 Å². The molecule has 53 heavy (non-hydrogen) atoms. The Balaban J connectivity index is 1.57. The van der Waals surface area contributed by atoms with Gasteiger partial charge in [0.25, 0.3) is 0 Å². The molecule has 0 saturated heterocycles. The van der Waals surface area contributed by atoms with Crippen LogP contribution in [-0.2, 0) is 10.8 Å². The first kappa shape index (κ1) is 42.3. The maximum Gasteiger partial charge on any atom is 0.0226 e. The fourth-order valence-corrected chi connectivity index (χ4v) is 11.4. The first-order valence-electron chi connectivity index (χ1n) is 23.2. The predicted octanol–water partition coefficient (Wildman–Crippen LogP) is 18.0. The normalized spacial score (nSPS) is 14.7. The van der Waals surface area contributed by atoms with E-state index in [1.54, 1.807) is 38.9 Å². The van der Waals surface area contributed by atoms with Crippen molar-refractivity contribution < 1.29 is 0 Å². The second-order valence-corrected chi connectivity index (χ2v) is 18.2. The van der Waals surface area contributed by atoms with E-state index in [2.05, 4.69) is 98.2 Å². The standard InChI is InChI=1S/C52H77Br/c1-5-9-13-17-21-27-36-51(37-28-22-18-14-10-6-2)46-34-26-25-32-42(46)44-40-48-45(41-47(44)51)43-33-31-35-49(53)50(43)52(48,38-29-23-19-15-11-7-3)39-30-24-20-16-12-8-4/h25-26,31-35,40-41H,5-24,27-30,36-39H2,1-4H3. The van der Waals surface area contributed by atoms with E-state index in [0.29, 0.717) is 0 Å². The molecular weight excluding hydrogens is 704 g/mol. The van der Waals surface area contributed by atoms with Gasteiger partial charge in [0.05, 0.1) is 0 Å². The van der Waals surface area contributed by atoms with Gasteiger partial charge in [-0.1, -0.05) is 234 Å². The molecule has 1 heteroatoms. The van der Waals surface area contributed by atoms with Crippen LogP contribution in [0, 0.1) is 0 Å². The van der Waals surface area contributed by atoms with Crippen molar-refractivity contribution in [3.05, 3.63) is 81.3 Å². The predicted molar refractivity (Wildman–Crippen MR) is 239 cm³/mol. The highest BCUT2D eigenvalue weighted by atomic mass is 79.9. The minimum Gasteiger partial charge on any atom is -0.0654 e. The van der Waals surface area contributed by atoms with Gasteiger partial charge in [0.1, 0.15) is 0 Å². The van der Waals surface area contributed by atoms with Crippen molar-refractivity contribution in [3.63, 3.8) is 0 Å². The van der Waals surface area contributed by atoms with Crippen molar-refractivity contribution in [1.82, 2.24) is 0 Å². The molecule has 0 saturated carbocycles. The van der Waals surface area contributed by atoms with E-state index in [1.807, 2.05) is 0 Å². The third-order valence-electron chi connectivity index (χ3n) is 13.5. The summed E-state index contributed by atoms with van der Waals surface area (Å²) in [5, 5.41) is 0. The van der Waals surface area contributed by atoms with Gasteiger partial charge in [-0.05, 0) is 88.4 Å². The summed E-state index contributed by atoms with van der Waals surface area (Å²) in [6.07, 6.45) is 37.9. The summed E-state index contributed by atoms with van der Waals surface area (Å²) in [7, 11) is 0. The van der Waals surface area contributed by atoms with E-state index in [0.717, 1.165) is 0 Å². The molecule has 0 unspecified atom stereocenters. The summed E-state index contributed by atoms with van der Waals surface area (Å²) < 4.78 is 1.34. The summed E-state index contributed by atoms with van der Waals surface area (Å²) in [6.45, 7) is 9.36. The quantitative estimate of drug-likeness (QED) is 0.0644. The lowest BCUT2D eigenvalue weighted by Crippen LogP contribution is -2.27. The number of hydrogen-bond donors (Lipinski definition) is 0. The highest BCUT2D eigenvalue weighted by molar-refractivity contribution is 9.10. The number of fused-ring (bicyclic) bond motifs is 6. The molecule has 0 fully saturated rings. The maximum atomic E-state index is 4.20. The molecular formula is C52H77Br. The molecule has 0 heterocycles. The van der Waals surface area contributed by atoms with Crippen LogP contribution in [0.2, 0.25) is 0 Å². The average molecular weight is 782 g/mol. The number of rotatable bonds is 28. The van der Waals surface area contributed by atoms with Crippen LogP contribution in [-0.4, -0.2) is 0 Å². The average Bonchev–Trinajstić information content (AvgIpc) is 3.60. The Hall–Kier alpha value is -1.86. The molecule has 3 aromatic carbocycles. The number of halogens is 1. The highest BCUT2D eigenvalue weighted by Gasteiger charge is 2.48. The van der Waals surface area contributed by atoms with Gasteiger partial charge in [0, 0.05) is 15.3 Å². The zero-order valence-electron chi connectivity index (χ0n) is 34.9. The van der Waals surface area contributed by atoms with Crippen LogP contribution >= 0.6 is 15.9 Å². The molecule has 0 aliphatic heterocycles. The Bertz CT molecular complexity index is 1480. The SMILES string of the molecule is CCCCCCCCC1(CCCCCCCC)c2ccccc2-c2cc3c(cc21)-c1cccc(Br)c1C3(CCCCCCCC)CCCCCCCC. The van der Waals surface area contributed by atoms with E-state index >= 15 is 0 Å². The Morgan fingerprint density at radius 3 is 1.23 bits per heavy atom. The lowest BCUT2D eigenvalue weighted by atomic mass is 9.68. The molecule has 3 aromatic rings. The fourth-order valence-electron chi connectivity index (χ4n) is 10.6. The van der Waals surface area contributed by atoms with E-state index in [-0.39, 0.29) is 10.8 Å². The van der Waals surface area contributed by atoms with Crippen molar-refractivity contribution in [2.24, 2.45) is 0 Å². The Morgan fingerprint density at radius 1 is 0.358 bits per heavy atom. The third kappa shape index (κ3) is 10.1. The molecule has 0 bridgehead atoms. The van der Waals surface area contributed by atoms with Gasteiger partial charge in [0.2, 0.25) is 0 Å². The first-order valence-corrected chi connectivity index (χ1v) is 24.0. The van der Waals surface area contributed by atoms with Crippen molar-refractivity contribution >= 4 is 15.9 Å². The third-order valence-corrected chi connectivity index (χ3v) is 14.2. The lowest BCUT2D eigenvalue weighted by Gasteiger charge is -2.35. The smallest absolute Gasteiger partial charge is 0.0226 e. The second kappa shape index (κ2) is 22.0. The van der Waals surface area contributed by atoms with Crippen molar-refractivity contribution in [1.29, 1.82) is 0 Å². The number of unbranched alkanes of at least 4 members (excludes halogenated alkanes) is 20.